The van der Waals surface area contributed by atoms with Gasteiger partial charge in [0.05, 0.1) is 19.3 Å². The molecule has 0 N–H and O–H groups in total. The first-order chi connectivity index (χ1) is 13.0. The van der Waals surface area contributed by atoms with E-state index in [2.05, 4.69) is 72.5 Å². The Kier molecular flexibility index (Phi) is 9.85. The van der Waals surface area contributed by atoms with E-state index in [1.807, 2.05) is 24.3 Å². The number of hydrogen-bond acceptors (Lipinski definition) is 3. The molecule has 0 amide bonds. The zero-order chi connectivity index (χ0) is 21.4. The summed E-state index contributed by atoms with van der Waals surface area (Å²) >= 11 is 0. The molecule has 0 spiro atoms. The van der Waals surface area contributed by atoms with Crippen LogP contribution in [0.5, 0.6) is 0 Å². The van der Waals surface area contributed by atoms with Crippen LogP contribution in [0.25, 0.3) is 0 Å². The summed E-state index contributed by atoms with van der Waals surface area (Å²) in [6.45, 7) is 20.8. The first-order valence-electron chi connectivity index (χ1n) is 10.1. The fourth-order valence-corrected chi connectivity index (χ4v) is 4.23. The first-order valence-corrected chi connectivity index (χ1v) is 13.0. The molecule has 0 radical (unpaired) electrons. The fraction of sp³-hybridized carbons (Fsp3) is 0.583. The Morgan fingerprint density at radius 1 is 1.18 bits per heavy atom. The van der Waals surface area contributed by atoms with Crippen LogP contribution in [0.2, 0.25) is 18.1 Å². The maximum absolute atomic E-state index is 6.74. The molecule has 0 saturated carbocycles. The van der Waals surface area contributed by atoms with Crippen molar-refractivity contribution in [3.8, 4) is 0 Å². The molecule has 3 nitrogen and oxygen atoms in total. The van der Waals surface area contributed by atoms with Crippen LogP contribution >= 0.6 is 0 Å². The van der Waals surface area contributed by atoms with E-state index >= 15 is 0 Å². The predicted octanol–water partition coefficient (Wildman–Crippen LogP) is 6.38. The van der Waals surface area contributed by atoms with Gasteiger partial charge in [0.2, 0.25) is 0 Å². The number of methoxy groups -OCH3 is 1. The lowest BCUT2D eigenvalue weighted by molar-refractivity contribution is 0.00580. The van der Waals surface area contributed by atoms with E-state index < -0.39 is 8.32 Å². The lowest BCUT2D eigenvalue weighted by atomic mass is 9.97. The molecule has 158 valence electrons. The highest BCUT2D eigenvalue weighted by Gasteiger charge is 2.41. The van der Waals surface area contributed by atoms with Crippen molar-refractivity contribution in [1.82, 2.24) is 0 Å². The highest BCUT2D eigenvalue weighted by molar-refractivity contribution is 6.74. The van der Waals surface area contributed by atoms with Gasteiger partial charge in [-0.15, -0.1) is 6.58 Å². The van der Waals surface area contributed by atoms with Gasteiger partial charge >= 0.3 is 0 Å². The van der Waals surface area contributed by atoms with Gasteiger partial charge < -0.3 is 13.9 Å². The van der Waals surface area contributed by atoms with Gasteiger partial charge in [0.1, 0.15) is 6.10 Å². The Labute approximate surface area is 173 Å². The van der Waals surface area contributed by atoms with E-state index in [0.29, 0.717) is 13.2 Å². The Bertz CT molecular complexity index is 616. The van der Waals surface area contributed by atoms with Crippen LogP contribution in [-0.4, -0.2) is 34.2 Å². The van der Waals surface area contributed by atoms with Crippen molar-refractivity contribution in [2.75, 3.05) is 13.7 Å². The quantitative estimate of drug-likeness (QED) is 0.316. The van der Waals surface area contributed by atoms with Gasteiger partial charge in [-0.25, -0.2) is 0 Å². The minimum atomic E-state index is -1.93. The SMILES string of the molecule is C=C[C@H](OC)[C@@H](O[Si](C)(C)C(C)(C)C)[C@H](C)/C=C(/C)COCc1ccccc1. The number of hydrogen-bond donors (Lipinski definition) is 0. The normalized spacial score (nSPS) is 16.5. The number of ether oxygens (including phenoxy) is 2. The second kappa shape index (κ2) is 11.1. The van der Waals surface area contributed by atoms with Crippen molar-refractivity contribution in [2.24, 2.45) is 5.92 Å². The van der Waals surface area contributed by atoms with Crippen molar-refractivity contribution >= 4 is 8.32 Å². The molecule has 0 heterocycles. The van der Waals surface area contributed by atoms with Crippen molar-refractivity contribution in [1.29, 1.82) is 0 Å². The molecule has 0 fully saturated rings. The van der Waals surface area contributed by atoms with Crippen LogP contribution in [0.4, 0.5) is 0 Å². The average Bonchev–Trinajstić information content (AvgIpc) is 2.61. The van der Waals surface area contributed by atoms with Crippen LogP contribution in [0.3, 0.4) is 0 Å². The summed E-state index contributed by atoms with van der Waals surface area (Å²) in [7, 11) is -0.212. The number of benzene rings is 1. The zero-order valence-electron chi connectivity index (χ0n) is 19.1. The number of rotatable bonds is 11. The monoisotopic (exact) mass is 404 g/mol. The van der Waals surface area contributed by atoms with E-state index in [-0.39, 0.29) is 23.2 Å². The second-order valence-corrected chi connectivity index (χ2v) is 13.9. The molecule has 1 aromatic carbocycles. The topological polar surface area (TPSA) is 27.7 Å². The largest absolute Gasteiger partial charge is 0.410 e. The van der Waals surface area contributed by atoms with Gasteiger partial charge in [-0.2, -0.15) is 0 Å². The standard InChI is InChI=1S/C24H40O3Si/c1-10-22(25-7)23(27-28(8,9)24(4,5)6)20(3)16-19(2)17-26-18-21-14-12-11-13-15-21/h10-16,20,22-23H,1,17-18H2,2-9H3/b19-16-/t20-,22+,23+/m1/s1. The summed E-state index contributed by atoms with van der Waals surface area (Å²) in [6.07, 6.45) is 3.90. The van der Waals surface area contributed by atoms with Crippen LogP contribution in [0, 0.1) is 5.92 Å². The fourth-order valence-electron chi connectivity index (χ4n) is 2.85. The second-order valence-electron chi connectivity index (χ2n) is 9.13. The highest BCUT2D eigenvalue weighted by atomic mass is 28.4. The lowest BCUT2D eigenvalue weighted by Gasteiger charge is -2.42. The molecule has 0 aliphatic heterocycles. The van der Waals surface area contributed by atoms with Crippen LogP contribution in [0.1, 0.15) is 40.2 Å². The third-order valence-electron chi connectivity index (χ3n) is 5.57. The zero-order valence-corrected chi connectivity index (χ0v) is 20.1. The Balaban J connectivity index is 2.82. The first kappa shape index (κ1) is 24.8. The van der Waals surface area contributed by atoms with E-state index in [9.17, 15) is 0 Å². The molecule has 28 heavy (non-hydrogen) atoms. The maximum Gasteiger partial charge on any atom is 0.192 e. The summed E-state index contributed by atoms with van der Waals surface area (Å²) in [5.41, 5.74) is 2.39. The minimum absolute atomic E-state index is 0.0625. The van der Waals surface area contributed by atoms with Crippen LogP contribution in [-0.2, 0) is 20.5 Å². The molecular formula is C24H40O3Si. The predicted molar refractivity (Wildman–Crippen MR) is 122 cm³/mol. The van der Waals surface area contributed by atoms with Gasteiger partial charge in [0.25, 0.3) is 0 Å². The molecule has 0 aliphatic carbocycles. The summed E-state index contributed by atoms with van der Waals surface area (Å²) in [5, 5.41) is 0.141. The molecule has 0 bridgehead atoms. The summed E-state index contributed by atoms with van der Waals surface area (Å²) < 4.78 is 18.3. The molecule has 0 saturated heterocycles. The summed E-state index contributed by atoms with van der Waals surface area (Å²) in [6, 6.07) is 10.2. The van der Waals surface area contributed by atoms with Crippen molar-refractivity contribution in [3.05, 3.63) is 60.2 Å². The van der Waals surface area contributed by atoms with Crippen molar-refractivity contribution in [2.45, 2.75) is 71.6 Å². The van der Waals surface area contributed by atoms with E-state index in [0.717, 1.165) is 0 Å². The summed E-state index contributed by atoms with van der Waals surface area (Å²) in [5.74, 6) is 0.192. The van der Waals surface area contributed by atoms with Gasteiger partial charge in [-0.3, -0.25) is 0 Å². The van der Waals surface area contributed by atoms with E-state index in [4.69, 9.17) is 13.9 Å². The van der Waals surface area contributed by atoms with Crippen LogP contribution < -0.4 is 0 Å². The third-order valence-corrected chi connectivity index (χ3v) is 10.0. The van der Waals surface area contributed by atoms with E-state index in [1.165, 1.54) is 11.1 Å². The van der Waals surface area contributed by atoms with Gasteiger partial charge in [-0.1, -0.05) is 75.8 Å². The molecule has 0 aromatic heterocycles. The van der Waals surface area contributed by atoms with Gasteiger partial charge in [0.15, 0.2) is 8.32 Å². The van der Waals surface area contributed by atoms with Crippen molar-refractivity contribution in [3.63, 3.8) is 0 Å². The highest BCUT2D eigenvalue weighted by Crippen LogP contribution is 2.39. The Morgan fingerprint density at radius 3 is 2.29 bits per heavy atom. The molecule has 1 rings (SSSR count). The molecular weight excluding hydrogens is 364 g/mol. The minimum Gasteiger partial charge on any atom is -0.410 e. The maximum atomic E-state index is 6.74. The van der Waals surface area contributed by atoms with Crippen LogP contribution in [0.15, 0.2) is 54.6 Å². The van der Waals surface area contributed by atoms with E-state index in [1.54, 1.807) is 7.11 Å². The molecule has 0 unspecified atom stereocenters. The Hall–Kier alpha value is -1.20. The average molecular weight is 405 g/mol. The van der Waals surface area contributed by atoms with Crippen molar-refractivity contribution < 1.29 is 13.9 Å². The molecule has 0 aliphatic rings. The van der Waals surface area contributed by atoms with Gasteiger partial charge in [-0.05, 0) is 30.6 Å². The smallest absolute Gasteiger partial charge is 0.192 e. The lowest BCUT2D eigenvalue weighted by Crippen LogP contribution is -2.49. The van der Waals surface area contributed by atoms with Gasteiger partial charge in [0, 0.05) is 13.0 Å². The third kappa shape index (κ3) is 7.67. The molecule has 1 aromatic rings. The Morgan fingerprint density at radius 2 is 1.79 bits per heavy atom. The summed E-state index contributed by atoms with van der Waals surface area (Å²) in [4.78, 5) is 0. The molecule has 4 heteroatoms. The molecule has 3 atom stereocenters.